The van der Waals surface area contributed by atoms with Crippen molar-refractivity contribution in [3.8, 4) is 0 Å². The molecule has 3 amide bonds. The van der Waals surface area contributed by atoms with Crippen LogP contribution in [0.1, 0.15) is 12.8 Å². The van der Waals surface area contributed by atoms with Crippen LogP contribution in [0.2, 0.25) is 0 Å². The molecule has 0 aromatic carbocycles. The Morgan fingerprint density at radius 2 is 2.26 bits per heavy atom. The summed E-state index contributed by atoms with van der Waals surface area (Å²) < 4.78 is 5.24. The predicted octanol–water partition coefficient (Wildman–Crippen LogP) is -1.24. The van der Waals surface area contributed by atoms with Crippen molar-refractivity contribution in [2.75, 3.05) is 26.3 Å². The molecule has 2 heterocycles. The lowest BCUT2D eigenvalue weighted by Crippen LogP contribution is -2.62. The molecule has 0 bridgehead atoms. The van der Waals surface area contributed by atoms with Crippen LogP contribution in [-0.2, 0) is 14.3 Å². The Hall–Kier alpha value is -1.83. The summed E-state index contributed by atoms with van der Waals surface area (Å²) in [5, 5.41) is 14.2. The number of hydrogen-bond acceptors (Lipinski definition) is 4. The highest BCUT2D eigenvalue weighted by atomic mass is 16.5. The fourth-order valence-electron chi connectivity index (χ4n) is 2.19. The van der Waals surface area contributed by atoms with Crippen LogP contribution in [0.25, 0.3) is 0 Å². The Balaban J connectivity index is 1.97. The van der Waals surface area contributed by atoms with Crippen LogP contribution in [0.4, 0.5) is 4.79 Å². The first kappa shape index (κ1) is 13.6. The molecule has 2 fully saturated rings. The highest BCUT2D eigenvalue weighted by Crippen LogP contribution is 2.09. The fraction of sp³-hybridized carbons (Fsp3) is 0.727. The summed E-state index contributed by atoms with van der Waals surface area (Å²) >= 11 is 0. The summed E-state index contributed by atoms with van der Waals surface area (Å²) in [7, 11) is 0. The van der Waals surface area contributed by atoms with E-state index in [0.717, 1.165) is 17.7 Å². The van der Waals surface area contributed by atoms with Gasteiger partial charge in [0, 0.05) is 13.2 Å². The molecular formula is C11H17N3O5. The lowest BCUT2D eigenvalue weighted by molar-refractivity contribution is -0.144. The van der Waals surface area contributed by atoms with Gasteiger partial charge in [-0.2, -0.15) is 0 Å². The first-order chi connectivity index (χ1) is 9.08. The van der Waals surface area contributed by atoms with E-state index in [4.69, 9.17) is 9.84 Å². The van der Waals surface area contributed by atoms with Crippen molar-refractivity contribution in [3.05, 3.63) is 0 Å². The second kappa shape index (κ2) is 5.87. The zero-order valence-corrected chi connectivity index (χ0v) is 10.4. The topological polar surface area (TPSA) is 108 Å². The summed E-state index contributed by atoms with van der Waals surface area (Å²) in [5.41, 5.74) is 0. The molecular weight excluding hydrogens is 254 g/mol. The number of carbonyl (C=O) groups excluding carboxylic acids is 2. The van der Waals surface area contributed by atoms with Crippen molar-refractivity contribution >= 4 is 17.9 Å². The second-order valence-electron chi connectivity index (χ2n) is 4.65. The maximum Gasteiger partial charge on any atom is 0.328 e. The van der Waals surface area contributed by atoms with Gasteiger partial charge in [0.25, 0.3) is 0 Å². The maximum atomic E-state index is 12.0. The minimum Gasteiger partial charge on any atom is -0.480 e. The van der Waals surface area contributed by atoms with Crippen LogP contribution in [0.3, 0.4) is 0 Å². The van der Waals surface area contributed by atoms with E-state index >= 15 is 0 Å². The third kappa shape index (κ3) is 3.34. The van der Waals surface area contributed by atoms with Crippen molar-refractivity contribution in [3.63, 3.8) is 0 Å². The monoisotopic (exact) mass is 271 g/mol. The van der Waals surface area contributed by atoms with E-state index in [0.29, 0.717) is 13.2 Å². The smallest absolute Gasteiger partial charge is 0.328 e. The summed E-state index contributed by atoms with van der Waals surface area (Å²) in [6.45, 7) is 0.791. The van der Waals surface area contributed by atoms with Gasteiger partial charge >= 0.3 is 12.0 Å². The van der Waals surface area contributed by atoms with Crippen LogP contribution in [-0.4, -0.2) is 66.3 Å². The quantitative estimate of drug-likeness (QED) is 0.582. The summed E-state index contributed by atoms with van der Waals surface area (Å²) in [6.07, 6.45) is 1.65. The molecule has 8 nitrogen and oxygen atoms in total. The van der Waals surface area contributed by atoms with E-state index in [1.165, 1.54) is 0 Å². The molecule has 0 aromatic heterocycles. The Morgan fingerprint density at radius 1 is 1.47 bits per heavy atom. The van der Waals surface area contributed by atoms with Gasteiger partial charge in [-0.15, -0.1) is 0 Å². The van der Waals surface area contributed by atoms with E-state index in [2.05, 4.69) is 10.6 Å². The standard InChI is InChI=1S/C11H17N3O5/c15-9-5-14(8(4-12-9)10(16)17)11(18)13-7-2-1-3-19-6-7/h7-8H,1-6H2,(H,12,15)(H,13,18)(H,16,17). The van der Waals surface area contributed by atoms with E-state index < -0.39 is 18.0 Å². The maximum absolute atomic E-state index is 12.0. The Morgan fingerprint density at radius 3 is 2.89 bits per heavy atom. The van der Waals surface area contributed by atoms with E-state index in [1.54, 1.807) is 0 Å². The SMILES string of the molecule is O=C1CN(C(=O)NC2CCCOC2)C(C(=O)O)CN1. The molecule has 3 N–H and O–H groups in total. The minimum atomic E-state index is -1.13. The molecule has 0 spiro atoms. The summed E-state index contributed by atoms with van der Waals surface area (Å²) in [5.74, 6) is -1.48. The van der Waals surface area contributed by atoms with E-state index in [1.807, 2.05) is 0 Å². The number of amides is 3. The Bertz CT molecular complexity index is 381. The van der Waals surface area contributed by atoms with Crippen LogP contribution in [0.15, 0.2) is 0 Å². The number of carboxylic acid groups (broad SMARTS) is 1. The number of carboxylic acids is 1. The number of carbonyl (C=O) groups is 3. The van der Waals surface area contributed by atoms with Gasteiger partial charge in [0.15, 0.2) is 0 Å². The van der Waals surface area contributed by atoms with Gasteiger partial charge in [-0.05, 0) is 12.8 Å². The number of nitrogens with one attached hydrogen (secondary N) is 2. The average molecular weight is 271 g/mol. The number of aliphatic carboxylic acids is 1. The van der Waals surface area contributed by atoms with Crippen LogP contribution in [0, 0.1) is 0 Å². The van der Waals surface area contributed by atoms with Crippen LogP contribution in [0.5, 0.6) is 0 Å². The van der Waals surface area contributed by atoms with Crippen molar-refractivity contribution in [2.45, 2.75) is 24.9 Å². The third-order valence-electron chi connectivity index (χ3n) is 3.22. The number of hydrogen-bond donors (Lipinski definition) is 3. The highest BCUT2D eigenvalue weighted by Gasteiger charge is 2.36. The number of rotatable bonds is 2. The lowest BCUT2D eigenvalue weighted by atomic mass is 10.1. The van der Waals surface area contributed by atoms with Gasteiger partial charge in [-0.3, -0.25) is 9.69 Å². The van der Waals surface area contributed by atoms with Gasteiger partial charge in [-0.1, -0.05) is 0 Å². The molecule has 2 aliphatic heterocycles. The van der Waals surface area contributed by atoms with Gasteiger partial charge < -0.3 is 20.5 Å². The van der Waals surface area contributed by atoms with Crippen molar-refractivity contribution in [1.82, 2.24) is 15.5 Å². The van der Waals surface area contributed by atoms with Crippen molar-refractivity contribution in [1.29, 1.82) is 0 Å². The first-order valence-corrected chi connectivity index (χ1v) is 6.22. The molecule has 2 saturated heterocycles. The lowest BCUT2D eigenvalue weighted by Gasteiger charge is -2.34. The zero-order chi connectivity index (χ0) is 13.8. The number of nitrogens with zero attached hydrogens (tertiary/aromatic N) is 1. The molecule has 0 aliphatic carbocycles. The molecule has 2 aliphatic rings. The van der Waals surface area contributed by atoms with Gasteiger partial charge in [-0.25, -0.2) is 9.59 Å². The molecule has 8 heteroatoms. The first-order valence-electron chi connectivity index (χ1n) is 6.22. The van der Waals surface area contributed by atoms with Gasteiger partial charge in [0.2, 0.25) is 5.91 Å². The van der Waals surface area contributed by atoms with Crippen LogP contribution >= 0.6 is 0 Å². The number of piperazine rings is 1. The Labute approximate surface area is 110 Å². The van der Waals surface area contributed by atoms with Gasteiger partial charge in [0.05, 0.1) is 12.6 Å². The van der Waals surface area contributed by atoms with E-state index in [-0.39, 0.29) is 25.0 Å². The average Bonchev–Trinajstić information content (AvgIpc) is 2.39. The van der Waals surface area contributed by atoms with Crippen molar-refractivity contribution < 1.29 is 24.2 Å². The van der Waals surface area contributed by atoms with Crippen LogP contribution < -0.4 is 10.6 Å². The largest absolute Gasteiger partial charge is 0.480 e. The number of ether oxygens (including phenoxy) is 1. The number of urea groups is 1. The predicted molar refractivity (Wildman–Crippen MR) is 63.5 cm³/mol. The minimum absolute atomic E-state index is 0.0667. The molecule has 0 aromatic rings. The van der Waals surface area contributed by atoms with E-state index in [9.17, 15) is 14.4 Å². The van der Waals surface area contributed by atoms with Gasteiger partial charge in [0.1, 0.15) is 12.6 Å². The molecule has 2 unspecified atom stereocenters. The molecule has 19 heavy (non-hydrogen) atoms. The van der Waals surface area contributed by atoms with Crippen molar-refractivity contribution in [2.24, 2.45) is 0 Å². The second-order valence-corrected chi connectivity index (χ2v) is 4.65. The summed E-state index contributed by atoms with van der Waals surface area (Å²) in [6, 6.07) is -1.68. The highest BCUT2D eigenvalue weighted by molar-refractivity contribution is 5.90. The normalized spacial score (nSPS) is 27.6. The molecule has 106 valence electrons. The molecule has 2 atom stereocenters. The Kier molecular flexibility index (Phi) is 4.20. The summed E-state index contributed by atoms with van der Waals surface area (Å²) in [4.78, 5) is 35.5. The molecule has 0 radical (unpaired) electrons. The fourth-order valence-corrected chi connectivity index (χ4v) is 2.19. The zero-order valence-electron chi connectivity index (χ0n) is 10.4. The molecule has 0 saturated carbocycles. The third-order valence-corrected chi connectivity index (χ3v) is 3.22. The molecule has 2 rings (SSSR count).